The van der Waals surface area contributed by atoms with E-state index in [-0.39, 0.29) is 5.57 Å². The van der Waals surface area contributed by atoms with E-state index in [4.69, 9.17) is 23.2 Å². The second-order valence-corrected chi connectivity index (χ2v) is 5.01. The minimum absolute atomic E-state index is 0.139. The number of rotatable bonds is 3. The third kappa shape index (κ3) is 3.00. The first-order valence-electron chi connectivity index (χ1n) is 5.80. The molecule has 2 rings (SSSR count). The van der Waals surface area contributed by atoms with Crippen LogP contribution in [0.5, 0.6) is 0 Å². The average molecular weight is 308 g/mol. The molecule has 102 valence electrons. The van der Waals surface area contributed by atoms with E-state index in [1.54, 1.807) is 43.6 Å². The van der Waals surface area contributed by atoms with Gasteiger partial charge in [0.15, 0.2) is 0 Å². The van der Waals surface area contributed by atoms with Crippen LogP contribution in [-0.4, -0.2) is 16.1 Å². The van der Waals surface area contributed by atoms with Gasteiger partial charge in [-0.25, -0.2) is 4.79 Å². The maximum absolute atomic E-state index is 11.6. The molecule has 1 aromatic heterocycles. The van der Waals surface area contributed by atoms with Crippen LogP contribution in [-0.2, 0) is 4.79 Å². The van der Waals surface area contributed by atoms with Crippen LogP contribution in [0.15, 0.2) is 42.7 Å². The Balaban J connectivity index is 2.65. The molecular formula is C15H11Cl2NO2. The Hall–Kier alpha value is -1.84. The Morgan fingerprint density at radius 3 is 2.55 bits per heavy atom. The number of carboxylic acid groups (broad SMARTS) is 1. The van der Waals surface area contributed by atoms with E-state index in [1.165, 1.54) is 6.07 Å². The van der Waals surface area contributed by atoms with Crippen molar-refractivity contribution >= 4 is 40.3 Å². The van der Waals surface area contributed by atoms with Crippen molar-refractivity contribution in [2.75, 3.05) is 0 Å². The highest BCUT2D eigenvalue weighted by Gasteiger charge is 2.18. The zero-order valence-corrected chi connectivity index (χ0v) is 12.1. The van der Waals surface area contributed by atoms with Gasteiger partial charge in [-0.15, -0.1) is 0 Å². The van der Waals surface area contributed by atoms with Crippen molar-refractivity contribution in [2.45, 2.75) is 6.92 Å². The first kappa shape index (κ1) is 14.6. The molecule has 0 amide bonds. The Morgan fingerprint density at radius 1 is 1.25 bits per heavy atom. The molecule has 0 radical (unpaired) electrons. The van der Waals surface area contributed by atoms with Gasteiger partial charge in [-0.2, -0.15) is 0 Å². The Morgan fingerprint density at radius 2 is 2.00 bits per heavy atom. The van der Waals surface area contributed by atoms with Gasteiger partial charge in [-0.3, -0.25) is 4.98 Å². The normalized spacial score (nSPS) is 11.9. The highest BCUT2D eigenvalue weighted by atomic mass is 35.5. The number of carbonyl (C=O) groups is 1. The van der Waals surface area contributed by atoms with Crippen molar-refractivity contribution in [1.29, 1.82) is 0 Å². The van der Waals surface area contributed by atoms with E-state index >= 15 is 0 Å². The highest BCUT2D eigenvalue weighted by molar-refractivity contribution is 6.38. The zero-order chi connectivity index (χ0) is 14.7. The number of pyridine rings is 1. The van der Waals surface area contributed by atoms with E-state index in [0.29, 0.717) is 21.2 Å². The third-order valence-electron chi connectivity index (χ3n) is 2.88. The second-order valence-electron chi connectivity index (χ2n) is 4.17. The molecule has 0 fully saturated rings. The van der Waals surface area contributed by atoms with E-state index in [0.717, 1.165) is 5.56 Å². The molecule has 2 aromatic rings. The highest BCUT2D eigenvalue weighted by Crippen LogP contribution is 2.32. The first-order chi connectivity index (χ1) is 9.50. The lowest BCUT2D eigenvalue weighted by molar-refractivity contribution is -0.130. The molecule has 1 heterocycles. The van der Waals surface area contributed by atoms with Gasteiger partial charge < -0.3 is 5.11 Å². The van der Waals surface area contributed by atoms with Crippen molar-refractivity contribution < 1.29 is 9.90 Å². The summed E-state index contributed by atoms with van der Waals surface area (Å²) in [6.07, 6.45) is 3.24. The van der Waals surface area contributed by atoms with Gasteiger partial charge >= 0.3 is 5.97 Å². The number of hydrogen-bond acceptors (Lipinski definition) is 2. The van der Waals surface area contributed by atoms with Gasteiger partial charge in [0.05, 0.1) is 10.6 Å². The predicted molar refractivity (Wildman–Crippen MR) is 80.8 cm³/mol. The number of hydrogen-bond donors (Lipinski definition) is 1. The van der Waals surface area contributed by atoms with Crippen LogP contribution in [0.3, 0.4) is 0 Å². The molecule has 1 N–H and O–H groups in total. The SMILES string of the molecule is CC(=C(C(=O)O)c1ccc(Cl)cc1Cl)c1cccnc1. The maximum atomic E-state index is 11.6. The lowest BCUT2D eigenvalue weighted by Crippen LogP contribution is -2.03. The van der Waals surface area contributed by atoms with Crippen molar-refractivity contribution in [3.05, 3.63) is 63.9 Å². The molecule has 0 aliphatic rings. The van der Waals surface area contributed by atoms with Crippen molar-refractivity contribution in [3.63, 3.8) is 0 Å². The number of benzene rings is 1. The fourth-order valence-electron chi connectivity index (χ4n) is 1.90. The smallest absolute Gasteiger partial charge is 0.336 e. The fraction of sp³-hybridized carbons (Fsp3) is 0.0667. The van der Waals surface area contributed by atoms with Crippen molar-refractivity contribution in [1.82, 2.24) is 4.98 Å². The molecule has 3 nitrogen and oxygen atoms in total. The number of allylic oxidation sites excluding steroid dienone is 1. The summed E-state index contributed by atoms with van der Waals surface area (Å²) < 4.78 is 0. The minimum atomic E-state index is -1.05. The van der Waals surface area contributed by atoms with E-state index in [1.807, 2.05) is 0 Å². The maximum Gasteiger partial charge on any atom is 0.336 e. The summed E-state index contributed by atoms with van der Waals surface area (Å²) in [5, 5.41) is 10.2. The summed E-state index contributed by atoms with van der Waals surface area (Å²) in [6.45, 7) is 1.73. The first-order valence-corrected chi connectivity index (χ1v) is 6.56. The molecule has 1 aromatic carbocycles. The Labute approximate surface area is 126 Å². The van der Waals surface area contributed by atoms with Gasteiger partial charge in [0.1, 0.15) is 0 Å². The van der Waals surface area contributed by atoms with Crippen molar-refractivity contribution in [2.24, 2.45) is 0 Å². The second kappa shape index (κ2) is 6.07. The van der Waals surface area contributed by atoms with Crippen LogP contribution >= 0.6 is 23.2 Å². The average Bonchev–Trinajstić information content (AvgIpc) is 2.42. The Kier molecular flexibility index (Phi) is 4.42. The number of nitrogens with zero attached hydrogens (tertiary/aromatic N) is 1. The molecule has 0 bridgehead atoms. The summed E-state index contributed by atoms with van der Waals surface area (Å²) in [7, 11) is 0. The lowest BCUT2D eigenvalue weighted by Gasteiger charge is -2.10. The molecule has 5 heteroatoms. The van der Waals surface area contributed by atoms with Crippen molar-refractivity contribution in [3.8, 4) is 0 Å². The van der Waals surface area contributed by atoms with Gasteiger partial charge in [0, 0.05) is 23.0 Å². The predicted octanol–water partition coefficient (Wildman–Crippen LogP) is 4.40. The molecule has 0 unspecified atom stereocenters. The zero-order valence-electron chi connectivity index (χ0n) is 10.6. The summed E-state index contributed by atoms with van der Waals surface area (Å²) in [6, 6.07) is 8.30. The largest absolute Gasteiger partial charge is 0.478 e. The van der Waals surface area contributed by atoms with Gasteiger partial charge in [0.2, 0.25) is 0 Å². The summed E-state index contributed by atoms with van der Waals surface area (Å²) >= 11 is 11.9. The van der Waals surface area contributed by atoms with Crippen LogP contribution in [0, 0.1) is 0 Å². The van der Waals surface area contributed by atoms with Gasteiger partial charge in [0.25, 0.3) is 0 Å². The van der Waals surface area contributed by atoms with Gasteiger partial charge in [-0.05, 0) is 36.3 Å². The van der Waals surface area contributed by atoms with Crippen LogP contribution in [0.2, 0.25) is 10.0 Å². The summed E-state index contributed by atoms with van der Waals surface area (Å²) in [4.78, 5) is 15.6. The molecule has 0 spiro atoms. The molecule has 0 saturated heterocycles. The number of aromatic nitrogens is 1. The molecule has 0 aliphatic carbocycles. The number of halogens is 2. The van der Waals surface area contributed by atoms with Crippen LogP contribution in [0.1, 0.15) is 18.1 Å². The molecule has 0 saturated carbocycles. The quantitative estimate of drug-likeness (QED) is 0.855. The van der Waals surface area contributed by atoms with E-state index in [9.17, 15) is 9.90 Å². The lowest BCUT2D eigenvalue weighted by atomic mass is 9.96. The topological polar surface area (TPSA) is 50.2 Å². The molecule has 0 aliphatic heterocycles. The van der Waals surface area contributed by atoms with Crippen LogP contribution in [0.25, 0.3) is 11.1 Å². The standard InChI is InChI=1S/C15H11Cl2NO2/c1-9(10-3-2-6-18-8-10)14(15(19)20)12-5-4-11(16)7-13(12)17/h2-8H,1H3,(H,19,20). The van der Waals surface area contributed by atoms with Crippen LogP contribution in [0.4, 0.5) is 0 Å². The summed E-state index contributed by atoms with van der Waals surface area (Å²) in [5.41, 5.74) is 1.90. The van der Waals surface area contributed by atoms with Crippen LogP contribution < -0.4 is 0 Å². The summed E-state index contributed by atoms with van der Waals surface area (Å²) in [5.74, 6) is -1.05. The molecule has 20 heavy (non-hydrogen) atoms. The van der Waals surface area contributed by atoms with E-state index in [2.05, 4.69) is 4.98 Å². The Bertz CT molecular complexity index is 682. The van der Waals surface area contributed by atoms with Gasteiger partial charge in [-0.1, -0.05) is 35.3 Å². The van der Waals surface area contributed by atoms with E-state index < -0.39 is 5.97 Å². The molecular weight excluding hydrogens is 297 g/mol. The molecule has 0 atom stereocenters. The minimum Gasteiger partial charge on any atom is -0.478 e. The fourth-order valence-corrected chi connectivity index (χ4v) is 2.40. The monoisotopic (exact) mass is 307 g/mol. The number of aliphatic carboxylic acids is 1. The third-order valence-corrected chi connectivity index (χ3v) is 3.43. The number of carboxylic acids is 1.